The predicted octanol–water partition coefficient (Wildman–Crippen LogP) is 5.25. The number of anilines is 2. The molecule has 0 fully saturated rings. The van der Waals surface area contributed by atoms with Gasteiger partial charge in [-0.2, -0.15) is 26.3 Å². The van der Waals surface area contributed by atoms with Crippen LogP contribution in [0.15, 0.2) is 48.8 Å². The molecule has 0 spiro atoms. The standard InChI is InChI=1S/C19H14F6N4O2/c1-30-13-3-2-12(8-14(13)31-10-18(20,21)22)27-16-9-15(19(23,24)25)28-17(29-16)11-4-6-26-7-5-11/h2-9H,10H2,1H3,(H,27,28,29). The average Bonchev–Trinajstić information content (AvgIpc) is 2.71. The SMILES string of the molecule is COc1ccc(Nc2cc(C(F)(F)F)nc(-c3ccncc3)n2)cc1OCC(F)(F)F. The molecular formula is C19H14F6N4O2. The molecule has 1 N–H and O–H groups in total. The summed E-state index contributed by atoms with van der Waals surface area (Å²) >= 11 is 0. The summed E-state index contributed by atoms with van der Waals surface area (Å²) in [6.45, 7) is -1.56. The van der Waals surface area contributed by atoms with Crippen molar-refractivity contribution in [3.8, 4) is 22.9 Å². The van der Waals surface area contributed by atoms with Gasteiger partial charge < -0.3 is 14.8 Å². The van der Waals surface area contributed by atoms with Crippen molar-refractivity contribution in [3.05, 3.63) is 54.5 Å². The second-order valence-electron chi connectivity index (χ2n) is 6.09. The second kappa shape index (κ2) is 8.66. The topological polar surface area (TPSA) is 69.2 Å². The first-order chi connectivity index (χ1) is 14.5. The largest absolute Gasteiger partial charge is 0.493 e. The molecule has 2 aromatic heterocycles. The Kier molecular flexibility index (Phi) is 6.18. The molecule has 6 nitrogen and oxygen atoms in total. The Bertz CT molecular complexity index is 1040. The molecule has 1 aromatic carbocycles. The maximum absolute atomic E-state index is 13.3. The highest BCUT2D eigenvalue weighted by atomic mass is 19.4. The zero-order chi connectivity index (χ0) is 22.6. The predicted molar refractivity (Wildman–Crippen MR) is 98.1 cm³/mol. The average molecular weight is 444 g/mol. The number of nitrogens with zero attached hydrogens (tertiary/aromatic N) is 3. The molecular weight excluding hydrogens is 430 g/mol. The number of methoxy groups -OCH3 is 1. The highest BCUT2D eigenvalue weighted by Crippen LogP contribution is 2.34. The number of pyridine rings is 1. The van der Waals surface area contributed by atoms with E-state index >= 15 is 0 Å². The van der Waals surface area contributed by atoms with Gasteiger partial charge in [0.1, 0.15) is 5.82 Å². The molecule has 2 heterocycles. The van der Waals surface area contributed by atoms with Gasteiger partial charge in [0.2, 0.25) is 0 Å². The summed E-state index contributed by atoms with van der Waals surface area (Å²) in [5.41, 5.74) is -0.766. The lowest BCUT2D eigenvalue weighted by atomic mass is 10.2. The number of hydrogen-bond acceptors (Lipinski definition) is 6. The lowest BCUT2D eigenvalue weighted by Gasteiger charge is -2.15. The van der Waals surface area contributed by atoms with E-state index in [1.54, 1.807) is 0 Å². The quantitative estimate of drug-likeness (QED) is 0.524. The molecule has 0 radical (unpaired) electrons. The van der Waals surface area contributed by atoms with Gasteiger partial charge in [-0.15, -0.1) is 0 Å². The highest BCUT2D eigenvalue weighted by molar-refractivity contribution is 5.64. The Hall–Kier alpha value is -3.57. The smallest absolute Gasteiger partial charge is 0.433 e. The minimum atomic E-state index is -4.75. The van der Waals surface area contributed by atoms with E-state index in [1.165, 1.54) is 43.8 Å². The van der Waals surface area contributed by atoms with Gasteiger partial charge in [-0.25, -0.2) is 9.97 Å². The number of alkyl halides is 6. The number of hydrogen-bond donors (Lipinski definition) is 1. The van der Waals surface area contributed by atoms with Crippen LogP contribution in [-0.4, -0.2) is 34.8 Å². The van der Waals surface area contributed by atoms with E-state index in [0.29, 0.717) is 11.6 Å². The number of halogens is 6. The summed E-state index contributed by atoms with van der Waals surface area (Å²) in [6.07, 6.45) is -6.58. The lowest BCUT2D eigenvalue weighted by molar-refractivity contribution is -0.153. The number of benzene rings is 1. The third-order valence-electron chi connectivity index (χ3n) is 3.78. The number of ether oxygens (including phenoxy) is 2. The fourth-order valence-electron chi connectivity index (χ4n) is 2.46. The Morgan fingerprint density at radius 2 is 1.61 bits per heavy atom. The Morgan fingerprint density at radius 1 is 0.903 bits per heavy atom. The minimum Gasteiger partial charge on any atom is -0.493 e. The van der Waals surface area contributed by atoms with Crippen LogP contribution in [-0.2, 0) is 6.18 Å². The summed E-state index contributed by atoms with van der Waals surface area (Å²) in [5, 5.41) is 2.63. The van der Waals surface area contributed by atoms with Crippen molar-refractivity contribution in [1.29, 1.82) is 0 Å². The van der Waals surface area contributed by atoms with Crippen molar-refractivity contribution in [2.24, 2.45) is 0 Å². The van der Waals surface area contributed by atoms with Gasteiger partial charge in [0.25, 0.3) is 0 Å². The first kappa shape index (κ1) is 22.1. The van der Waals surface area contributed by atoms with Crippen molar-refractivity contribution < 1.29 is 35.8 Å². The van der Waals surface area contributed by atoms with E-state index in [4.69, 9.17) is 9.47 Å². The minimum absolute atomic E-state index is 0.0194. The molecule has 3 aromatic rings. The summed E-state index contributed by atoms with van der Waals surface area (Å²) < 4.78 is 87.0. The van der Waals surface area contributed by atoms with Crippen LogP contribution in [0.5, 0.6) is 11.5 Å². The molecule has 0 saturated carbocycles. The molecule has 0 bridgehead atoms. The van der Waals surface area contributed by atoms with Gasteiger partial charge in [0, 0.05) is 35.8 Å². The van der Waals surface area contributed by atoms with Crippen LogP contribution in [0.2, 0.25) is 0 Å². The zero-order valence-electron chi connectivity index (χ0n) is 15.8. The van der Waals surface area contributed by atoms with E-state index < -0.39 is 24.7 Å². The van der Waals surface area contributed by atoms with Crippen LogP contribution in [0, 0.1) is 0 Å². The van der Waals surface area contributed by atoms with Gasteiger partial charge >= 0.3 is 12.4 Å². The molecule has 0 amide bonds. The number of aromatic nitrogens is 3. The van der Waals surface area contributed by atoms with E-state index in [0.717, 1.165) is 6.07 Å². The van der Waals surface area contributed by atoms with Crippen LogP contribution in [0.1, 0.15) is 5.69 Å². The van der Waals surface area contributed by atoms with E-state index in [1.807, 2.05) is 0 Å². The molecule has 0 atom stereocenters. The van der Waals surface area contributed by atoms with Crippen molar-refractivity contribution in [2.75, 3.05) is 19.0 Å². The maximum Gasteiger partial charge on any atom is 0.433 e. The molecule has 0 aliphatic carbocycles. The first-order valence-corrected chi connectivity index (χ1v) is 8.56. The summed E-state index contributed by atoms with van der Waals surface area (Å²) in [5.74, 6) is -0.655. The summed E-state index contributed by atoms with van der Waals surface area (Å²) in [7, 11) is 1.24. The fraction of sp³-hybridized carbons (Fsp3) is 0.211. The maximum atomic E-state index is 13.3. The monoisotopic (exact) mass is 444 g/mol. The van der Waals surface area contributed by atoms with Crippen LogP contribution in [0.4, 0.5) is 37.8 Å². The molecule has 0 unspecified atom stereocenters. The van der Waals surface area contributed by atoms with Crippen LogP contribution in [0.3, 0.4) is 0 Å². The van der Waals surface area contributed by atoms with E-state index in [2.05, 4.69) is 20.3 Å². The Morgan fingerprint density at radius 3 is 2.23 bits per heavy atom. The second-order valence-corrected chi connectivity index (χ2v) is 6.09. The molecule has 12 heteroatoms. The number of rotatable bonds is 6. The van der Waals surface area contributed by atoms with E-state index in [9.17, 15) is 26.3 Å². The molecule has 0 aliphatic rings. The van der Waals surface area contributed by atoms with Gasteiger partial charge in [-0.05, 0) is 24.3 Å². The Balaban J connectivity index is 1.96. The zero-order valence-corrected chi connectivity index (χ0v) is 15.8. The van der Waals surface area contributed by atoms with Crippen molar-refractivity contribution in [2.45, 2.75) is 12.4 Å². The molecule has 3 rings (SSSR count). The lowest BCUT2D eigenvalue weighted by Crippen LogP contribution is -2.19. The van der Waals surface area contributed by atoms with Crippen molar-refractivity contribution >= 4 is 11.5 Å². The molecule has 164 valence electrons. The Labute approximate surface area is 171 Å². The molecule has 31 heavy (non-hydrogen) atoms. The molecule has 0 saturated heterocycles. The first-order valence-electron chi connectivity index (χ1n) is 8.56. The van der Waals surface area contributed by atoms with Gasteiger partial charge in [0.15, 0.2) is 29.6 Å². The van der Waals surface area contributed by atoms with Crippen molar-refractivity contribution in [1.82, 2.24) is 15.0 Å². The van der Waals surface area contributed by atoms with Crippen molar-refractivity contribution in [3.63, 3.8) is 0 Å². The van der Waals surface area contributed by atoms with Crippen LogP contribution < -0.4 is 14.8 Å². The number of nitrogens with one attached hydrogen (secondary N) is 1. The summed E-state index contributed by atoms with van der Waals surface area (Å²) in [6, 6.07) is 7.42. The normalized spacial score (nSPS) is 11.8. The van der Waals surface area contributed by atoms with E-state index in [-0.39, 0.29) is 28.8 Å². The van der Waals surface area contributed by atoms with Gasteiger partial charge in [-0.3, -0.25) is 4.98 Å². The van der Waals surface area contributed by atoms with Gasteiger partial charge in [-0.1, -0.05) is 0 Å². The summed E-state index contributed by atoms with van der Waals surface area (Å²) in [4.78, 5) is 11.4. The van der Waals surface area contributed by atoms with Crippen LogP contribution in [0.25, 0.3) is 11.4 Å². The molecule has 0 aliphatic heterocycles. The van der Waals surface area contributed by atoms with Crippen LogP contribution >= 0.6 is 0 Å². The third-order valence-corrected chi connectivity index (χ3v) is 3.78. The highest BCUT2D eigenvalue weighted by Gasteiger charge is 2.34. The van der Waals surface area contributed by atoms with Gasteiger partial charge in [0.05, 0.1) is 7.11 Å². The fourth-order valence-corrected chi connectivity index (χ4v) is 2.46. The third kappa shape index (κ3) is 5.96.